The Morgan fingerprint density at radius 2 is 1.89 bits per heavy atom. The van der Waals surface area contributed by atoms with E-state index in [1.54, 1.807) is 19.2 Å². The fraction of sp³-hybridized carbons (Fsp3) is 0.350. The summed E-state index contributed by atoms with van der Waals surface area (Å²) >= 11 is 0. The maximum atomic E-state index is 13.2. The molecule has 0 spiro atoms. The Morgan fingerprint density at radius 1 is 1.15 bits per heavy atom. The molecule has 0 aromatic heterocycles. The van der Waals surface area contributed by atoms with E-state index >= 15 is 0 Å². The molecule has 5 nitrogen and oxygen atoms in total. The first kappa shape index (κ1) is 23.0. The van der Waals surface area contributed by atoms with Crippen molar-refractivity contribution in [3.05, 3.63) is 59.9 Å². The summed E-state index contributed by atoms with van der Waals surface area (Å²) in [6.07, 6.45) is -0.132. The van der Waals surface area contributed by atoms with Gasteiger partial charge in [0.1, 0.15) is 17.7 Å². The fourth-order valence-corrected chi connectivity index (χ4v) is 2.41. The Balaban J connectivity index is 0.00000364. The van der Waals surface area contributed by atoms with E-state index < -0.39 is 0 Å². The predicted molar refractivity (Wildman–Crippen MR) is 121 cm³/mol. The summed E-state index contributed by atoms with van der Waals surface area (Å²) in [5.41, 5.74) is 2.33. The summed E-state index contributed by atoms with van der Waals surface area (Å²) in [7, 11) is 5.77. The number of hydrogen-bond donors (Lipinski definition) is 2. The molecule has 2 aromatic carbocycles. The molecular formula is C20H28FIN4O. The first-order chi connectivity index (χ1) is 12.5. The van der Waals surface area contributed by atoms with E-state index in [0.29, 0.717) is 24.8 Å². The van der Waals surface area contributed by atoms with Crippen LogP contribution in [-0.2, 0) is 6.54 Å². The van der Waals surface area contributed by atoms with Gasteiger partial charge in [0.25, 0.3) is 0 Å². The van der Waals surface area contributed by atoms with E-state index in [1.165, 1.54) is 17.7 Å². The lowest BCUT2D eigenvalue weighted by atomic mass is 10.2. The zero-order valence-electron chi connectivity index (χ0n) is 16.2. The van der Waals surface area contributed by atoms with Crippen LogP contribution in [0.3, 0.4) is 0 Å². The highest BCUT2D eigenvalue weighted by Crippen LogP contribution is 2.14. The third-order valence-corrected chi connectivity index (χ3v) is 3.80. The van der Waals surface area contributed by atoms with Crippen LogP contribution in [0.4, 0.5) is 10.1 Å². The highest BCUT2D eigenvalue weighted by Gasteiger charge is 2.07. The SMILES string of the molecule is CN=C(NCc1cccc(N(C)C)c1)NCC(C)Oc1cccc(F)c1.I. The number of aliphatic imine (C=N–C) groups is 1. The fourth-order valence-electron chi connectivity index (χ4n) is 2.41. The minimum Gasteiger partial charge on any atom is -0.489 e. The molecule has 7 heteroatoms. The van der Waals surface area contributed by atoms with Crippen molar-refractivity contribution in [1.82, 2.24) is 10.6 Å². The van der Waals surface area contributed by atoms with Crippen molar-refractivity contribution in [3.63, 3.8) is 0 Å². The number of nitrogens with zero attached hydrogens (tertiary/aromatic N) is 2. The second-order valence-electron chi connectivity index (χ2n) is 6.26. The minimum absolute atomic E-state index is 0. The number of nitrogens with one attached hydrogen (secondary N) is 2. The number of guanidine groups is 1. The van der Waals surface area contributed by atoms with Crippen LogP contribution in [0.5, 0.6) is 5.75 Å². The molecular weight excluding hydrogens is 458 g/mol. The van der Waals surface area contributed by atoms with E-state index in [-0.39, 0.29) is 35.9 Å². The summed E-state index contributed by atoms with van der Waals surface area (Å²) in [6.45, 7) is 3.14. The zero-order chi connectivity index (χ0) is 18.9. The quantitative estimate of drug-likeness (QED) is 0.357. The molecule has 2 aromatic rings. The van der Waals surface area contributed by atoms with Crippen molar-refractivity contribution in [2.24, 2.45) is 4.99 Å². The van der Waals surface area contributed by atoms with Gasteiger partial charge in [0.05, 0.1) is 6.54 Å². The highest BCUT2D eigenvalue weighted by atomic mass is 127. The second-order valence-corrected chi connectivity index (χ2v) is 6.26. The third-order valence-electron chi connectivity index (χ3n) is 3.80. The van der Waals surface area contributed by atoms with E-state index in [2.05, 4.69) is 38.7 Å². The smallest absolute Gasteiger partial charge is 0.191 e. The molecule has 0 bridgehead atoms. The zero-order valence-corrected chi connectivity index (χ0v) is 18.5. The van der Waals surface area contributed by atoms with Crippen LogP contribution in [0, 0.1) is 5.82 Å². The van der Waals surface area contributed by atoms with Crippen molar-refractivity contribution in [2.75, 3.05) is 32.6 Å². The van der Waals surface area contributed by atoms with Gasteiger partial charge >= 0.3 is 0 Å². The largest absolute Gasteiger partial charge is 0.489 e. The topological polar surface area (TPSA) is 48.9 Å². The second kappa shape index (κ2) is 11.6. The Bertz CT molecular complexity index is 739. The van der Waals surface area contributed by atoms with Crippen LogP contribution >= 0.6 is 24.0 Å². The summed E-state index contributed by atoms with van der Waals surface area (Å²) in [6, 6.07) is 14.5. The van der Waals surface area contributed by atoms with Crippen LogP contribution < -0.4 is 20.3 Å². The average Bonchev–Trinajstić information content (AvgIpc) is 2.62. The molecule has 0 saturated heterocycles. The van der Waals surface area contributed by atoms with Gasteiger partial charge in [0, 0.05) is 39.4 Å². The lowest BCUT2D eigenvalue weighted by Gasteiger charge is -2.18. The molecule has 0 aliphatic heterocycles. The van der Waals surface area contributed by atoms with Gasteiger partial charge < -0.3 is 20.3 Å². The van der Waals surface area contributed by atoms with Crippen molar-refractivity contribution < 1.29 is 9.13 Å². The molecule has 0 radical (unpaired) electrons. The molecule has 0 aliphatic rings. The van der Waals surface area contributed by atoms with Gasteiger partial charge in [-0.3, -0.25) is 4.99 Å². The number of anilines is 1. The van der Waals surface area contributed by atoms with Crippen molar-refractivity contribution >= 4 is 35.6 Å². The molecule has 0 aliphatic carbocycles. The highest BCUT2D eigenvalue weighted by molar-refractivity contribution is 14.0. The van der Waals surface area contributed by atoms with E-state index in [9.17, 15) is 4.39 Å². The summed E-state index contributed by atoms with van der Waals surface area (Å²) < 4.78 is 18.9. The Labute approximate surface area is 178 Å². The van der Waals surface area contributed by atoms with Gasteiger partial charge in [-0.1, -0.05) is 18.2 Å². The number of ether oxygens (including phenoxy) is 1. The molecule has 27 heavy (non-hydrogen) atoms. The molecule has 2 rings (SSSR count). The Morgan fingerprint density at radius 3 is 2.56 bits per heavy atom. The van der Waals surface area contributed by atoms with Crippen LogP contribution in [0.1, 0.15) is 12.5 Å². The average molecular weight is 486 g/mol. The molecule has 148 valence electrons. The van der Waals surface area contributed by atoms with E-state index in [4.69, 9.17) is 4.74 Å². The Kier molecular flexibility index (Phi) is 9.92. The van der Waals surface area contributed by atoms with Gasteiger partial charge in [0.15, 0.2) is 5.96 Å². The number of halogens is 2. The maximum absolute atomic E-state index is 13.2. The van der Waals surface area contributed by atoms with Crippen molar-refractivity contribution in [2.45, 2.75) is 19.6 Å². The number of hydrogen-bond acceptors (Lipinski definition) is 3. The standard InChI is InChI=1S/C20H27FN4O.HI/c1-15(26-19-10-6-8-17(21)12-19)13-23-20(22-2)24-14-16-7-5-9-18(11-16)25(3)4;/h5-12,15H,13-14H2,1-4H3,(H2,22,23,24);1H. The third kappa shape index (κ3) is 8.03. The molecule has 1 atom stereocenters. The lowest BCUT2D eigenvalue weighted by Crippen LogP contribution is -2.41. The number of benzene rings is 2. The molecule has 1 unspecified atom stereocenters. The normalized spacial score (nSPS) is 12.0. The first-order valence-electron chi connectivity index (χ1n) is 8.61. The van der Waals surface area contributed by atoms with Crippen LogP contribution in [0.2, 0.25) is 0 Å². The predicted octanol–water partition coefficient (Wildman–Crippen LogP) is 3.64. The molecule has 0 fully saturated rings. The van der Waals surface area contributed by atoms with Gasteiger partial charge in [-0.25, -0.2) is 4.39 Å². The maximum Gasteiger partial charge on any atom is 0.191 e. The summed E-state index contributed by atoms with van der Waals surface area (Å²) in [5.74, 6) is 0.901. The van der Waals surface area contributed by atoms with Crippen molar-refractivity contribution in [1.29, 1.82) is 0 Å². The number of rotatable bonds is 7. The van der Waals surface area contributed by atoms with Gasteiger partial charge in [-0.05, 0) is 36.8 Å². The molecule has 0 saturated carbocycles. The first-order valence-corrected chi connectivity index (χ1v) is 8.61. The molecule has 0 heterocycles. The van der Waals surface area contributed by atoms with Crippen LogP contribution in [0.25, 0.3) is 0 Å². The summed E-state index contributed by atoms with van der Waals surface area (Å²) in [5, 5.41) is 6.51. The lowest BCUT2D eigenvalue weighted by molar-refractivity contribution is 0.223. The molecule has 0 amide bonds. The van der Waals surface area contributed by atoms with Crippen molar-refractivity contribution in [3.8, 4) is 5.75 Å². The van der Waals surface area contributed by atoms with E-state index in [0.717, 1.165) is 5.69 Å². The van der Waals surface area contributed by atoms with Crippen LogP contribution in [-0.4, -0.2) is 39.8 Å². The van der Waals surface area contributed by atoms with Crippen LogP contribution in [0.15, 0.2) is 53.5 Å². The summed E-state index contributed by atoms with van der Waals surface area (Å²) in [4.78, 5) is 6.29. The minimum atomic E-state index is -0.305. The monoisotopic (exact) mass is 486 g/mol. The van der Waals surface area contributed by atoms with Gasteiger partial charge in [-0.15, -0.1) is 24.0 Å². The van der Waals surface area contributed by atoms with Gasteiger partial charge in [0.2, 0.25) is 0 Å². The van der Waals surface area contributed by atoms with E-state index in [1.807, 2.05) is 27.1 Å². The molecule has 2 N–H and O–H groups in total. The van der Waals surface area contributed by atoms with Gasteiger partial charge in [-0.2, -0.15) is 0 Å². The Hall–Kier alpha value is -2.03.